The second-order valence-corrected chi connectivity index (χ2v) is 8.22. The van der Waals surface area contributed by atoms with Crippen molar-refractivity contribution in [2.24, 2.45) is 0 Å². The summed E-state index contributed by atoms with van der Waals surface area (Å²) in [6.07, 6.45) is 2.16. The first-order valence-corrected chi connectivity index (χ1v) is 12.4. The van der Waals surface area contributed by atoms with Crippen LogP contribution < -0.4 is 23.8 Å². The molecule has 0 unspecified atom stereocenters. The second kappa shape index (κ2) is 12.5. The van der Waals surface area contributed by atoms with Gasteiger partial charge in [-0.25, -0.2) is 0 Å². The fraction of sp³-hybridized carbons (Fsp3) is 0.188. The van der Waals surface area contributed by atoms with Gasteiger partial charge in [-0.1, -0.05) is 24.3 Å². The van der Waals surface area contributed by atoms with Crippen LogP contribution in [0, 0.1) is 0 Å². The Bertz CT molecular complexity index is 1180. The van der Waals surface area contributed by atoms with Gasteiger partial charge in [0.05, 0.1) is 27.4 Å². The van der Waals surface area contributed by atoms with Crippen LogP contribution in [-0.4, -0.2) is 27.4 Å². The lowest BCUT2D eigenvalue weighted by atomic mass is 9.98. The van der Waals surface area contributed by atoms with E-state index >= 15 is 0 Å². The number of rotatable bonds is 11. The third kappa shape index (κ3) is 6.44. The van der Waals surface area contributed by atoms with Gasteiger partial charge in [0, 0.05) is 23.1 Å². The molecule has 0 fully saturated rings. The third-order valence-corrected chi connectivity index (χ3v) is 5.91. The van der Waals surface area contributed by atoms with Crippen LogP contribution in [0.25, 0.3) is 5.57 Å². The summed E-state index contributed by atoms with van der Waals surface area (Å²) in [5, 5.41) is 0. The standard InChI is InChI=1S/C32H33NO4/c1-5-36-30-15-7-24(8-16-30)32(25-9-17-31(18-10-25)37-6-2)23-33(26-11-19-28(34-3)20-12-26)27-13-21-29(35-4)22-14-27/h7-23H,5-6H2,1-4H3. The first kappa shape index (κ1) is 25.7. The summed E-state index contributed by atoms with van der Waals surface area (Å²) in [5.41, 5.74) is 5.19. The normalized spacial score (nSPS) is 10.4. The quantitative estimate of drug-likeness (QED) is 0.213. The van der Waals surface area contributed by atoms with Crippen molar-refractivity contribution in [2.75, 3.05) is 32.3 Å². The van der Waals surface area contributed by atoms with Gasteiger partial charge in [-0.2, -0.15) is 0 Å². The highest BCUT2D eigenvalue weighted by Gasteiger charge is 2.13. The molecule has 0 heterocycles. The van der Waals surface area contributed by atoms with E-state index in [1.54, 1.807) is 14.2 Å². The Morgan fingerprint density at radius 3 is 1.22 bits per heavy atom. The Morgan fingerprint density at radius 2 is 0.892 bits per heavy atom. The highest BCUT2D eigenvalue weighted by molar-refractivity contribution is 5.84. The van der Waals surface area contributed by atoms with Crippen molar-refractivity contribution >= 4 is 16.9 Å². The molecule has 0 aliphatic heterocycles. The van der Waals surface area contributed by atoms with Crippen LogP contribution in [-0.2, 0) is 0 Å². The van der Waals surface area contributed by atoms with Crippen molar-refractivity contribution in [3.8, 4) is 23.0 Å². The van der Waals surface area contributed by atoms with E-state index in [0.717, 1.165) is 51.1 Å². The lowest BCUT2D eigenvalue weighted by Crippen LogP contribution is -2.10. The Kier molecular flexibility index (Phi) is 8.71. The number of methoxy groups -OCH3 is 2. The summed E-state index contributed by atoms with van der Waals surface area (Å²) in [6, 6.07) is 32.4. The number of hydrogen-bond donors (Lipinski definition) is 0. The third-order valence-electron chi connectivity index (χ3n) is 5.91. The molecule has 0 amide bonds. The summed E-state index contributed by atoms with van der Waals surface area (Å²) in [6.45, 7) is 5.23. The van der Waals surface area contributed by atoms with Gasteiger partial charge in [-0.15, -0.1) is 0 Å². The predicted molar refractivity (Wildman–Crippen MR) is 150 cm³/mol. The summed E-state index contributed by atoms with van der Waals surface area (Å²) in [4.78, 5) is 2.17. The Balaban J connectivity index is 1.85. The van der Waals surface area contributed by atoms with Gasteiger partial charge in [-0.05, 0) is 97.8 Å². The minimum absolute atomic E-state index is 0.629. The summed E-state index contributed by atoms with van der Waals surface area (Å²) >= 11 is 0. The van der Waals surface area contributed by atoms with E-state index in [9.17, 15) is 0 Å². The number of anilines is 2. The number of nitrogens with zero attached hydrogens (tertiary/aromatic N) is 1. The summed E-state index contributed by atoms with van der Waals surface area (Å²) in [7, 11) is 3.35. The Morgan fingerprint density at radius 1 is 0.541 bits per heavy atom. The smallest absolute Gasteiger partial charge is 0.119 e. The van der Waals surface area contributed by atoms with Gasteiger partial charge in [0.25, 0.3) is 0 Å². The molecule has 5 nitrogen and oxygen atoms in total. The molecule has 5 heteroatoms. The summed E-state index contributed by atoms with van der Waals surface area (Å²) in [5.74, 6) is 3.31. The maximum Gasteiger partial charge on any atom is 0.119 e. The fourth-order valence-electron chi connectivity index (χ4n) is 4.02. The molecular formula is C32H33NO4. The molecule has 0 aliphatic rings. The maximum absolute atomic E-state index is 5.68. The van der Waals surface area contributed by atoms with Crippen LogP contribution in [0.5, 0.6) is 23.0 Å². The summed E-state index contributed by atoms with van der Waals surface area (Å²) < 4.78 is 22.1. The number of hydrogen-bond acceptors (Lipinski definition) is 5. The van der Waals surface area contributed by atoms with Gasteiger partial charge in [0.15, 0.2) is 0 Å². The zero-order chi connectivity index (χ0) is 26.0. The van der Waals surface area contributed by atoms with Crippen LogP contribution in [0.1, 0.15) is 25.0 Å². The highest BCUT2D eigenvalue weighted by Crippen LogP contribution is 2.34. The molecule has 4 aromatic carbocycles. The van der Waals surface area contributed by atoms with Crippen LogP contribution in [0.2, 0.25) is 0 Å². The molecule has 0 saturated carbocycles. The monoisotopic (exact) mass is 495 g/mol. The van der Waals surface area contributed by atoms with Gasteiger partial charge in [-0.3, -0.25) is 0 Å². The lowest BCUT2D eigenvalue weighted by Gasteiger charge is -2.24. The van der Waals surface area contributed by atoms with Gasteiger partial charge in [0.1, 0.15) is 23.0 Å². The lowest BCUT2D eigenvalue weighted by molar-refractivity contribution is 0.340. The molecule has 0 radical (unpaired) electrons. The second-order valence-electron chi connectivity index (χ2n) is 8.22. The topological polar surface area (TPSA) is 40.2 Å². The van der Waals surface area contributed by atoms with E-state index in [4.69, 9.17) is 18.9 Å². The van der Waals surface area contributed by atoms with Crippen molar-refractivity contribution < 1.29 is 18.9 Å². The van der Waals surface area contributed by atoms with E-state index in [2.05, 4.69) is 35.4 Å². The molecular weight excluding hydrogens is 462 g/mol. The largest absolute Gasteiger partial charge is 0.497 e. The number of ether oxygens (including phenoxy) is 4. The number of benzene rings is 4. The zero-order valence-electron chi connectivity index (χ0n) is 21.8. The minimum Gasteiger partial charge on any atom is -0.497 e. The molecule has 0 bridgehead atoms. The van der Waals surface area contributed by atoms with Crippen molar-refractivity contribution in [3.63, 3.8) is 0 Å². The highest BCUT2D eigenvalue weighted by atomic mass is 16.5. The van der Waals surface area contributed by atoms with E-state index in [0.29, 0.717) is 13.2 Å². The minimum atomic E-state index is 0.629. The van der Waals surface area contributed by atoms with Crippen LogP contribution in [0.3, 0.4) is 0 Å². The maximum atomic E-state index is 5.68. The molecule has 0 aromatic heterocycles. The van der Waals surface area contributed by atoms with Gasteiger partial charge in [0.2, 0.25) is 0 Å². The zero-order valence-corrected chi connectivity index (χ0v) is 21.8. The van der Waals surface area contributed by atoms with Crippen LogP contribution in [0.15, 0.2) is 103 Å². The van der Waals surface area contributed by atoms with Crippen LogP contribution in [0.4, 0.5) is 11.4 Å². The SMILES string of the molecule is CCOc1ccc(C(=CN(c2ccc(OC)cc2)c2ccc(OC)cc2)c2ccc(OCC)cc2)cc1. The molecule has 4 aromatic rings. The predicted octanol–water partition coefficient (Wildman–Crippen LogP) is 7.73. The van der Waals surface area contributed by atoms with Gasteiger partial charge < -0.3 is 23.8 Å². The first-order valence-electron chi connectivity index (χ1n) is 12.4. The van der Waals surface area contributed by atoms with E-state index in [1.165, 1.54) is 0 Å². The molecule has 0 N–H and O–H groups in total. The van der Waals surface area contributed by atoms with Crippen molar-refractivity contribution in [1.29, 1.82) is 0 Å². The average Bonchev–Trinajstić information content (AvgIpc) is 2.95. The van der Waals surface area contributed by atoms with E-state index in [1.807, 2.05) is 86.6 Å². The Hall–Kier alpha value is -4.38. The van der Waals surface area contributed by atoms with E-state index < -0.39 is 0 Å². The molecule has 0 atom stereocenters. The molecule has 0 saturated heterocycles. The molecule has 0 spiro atoms. The van der Waals surface area contributed by atoms with Crippen molar-refractivity contribution in [1.82, 2.24) is 0 Å². The molecule has 4 rings (SSSR count). The van der Waals surface area contributed by atoms with Crippen molar-refractivity contribution in [3.05, 3.63) is 114 Å². The molecule has 0 aliphatic carbocycles. The van der Waals surface area contributed by atoms with Crippen LogP contribution >= 0.6 is 0 Å². The first-order chi connectivity index (χ1) is 18.1. The fourth-order valence-corrected chi connectivity index (χ4v) is 4.02. The van der Waals surface area contributed by atoms with E-state index in [-0.39, 0.29) is 0 Å². The van der Waals surface area contributed by atoms with Crippen molar-refractivity contribution in [2.45, 2.75) is 13.8 Å². The molecule has 190 valence electrons. The Labute approximate surface area is 219 Å². The molecule has 37 heavy (non-hydrogen) atoms. The van der Waals surface area contributed by atoms with Gasteiger partial charge >= 0.3 is 0 Å². The average molecular weight is 496 g/mol.